The van der Waals surface area contributed by atoms with Crippen LogP contribution >= 0.6 is 0 Å². The minimum atomic E-state index is 0.0403. The molecule has 1 fully saturated rings. The topological polar surface area (TPSA) is 55.7 Å². The first-order chi connectivity index (χ1) is 11.3. The zero-order valence-electron chi connectivity index (χ0n) is 15.4. The van der Waals surface area contributed by atoms with Crippen LogP contribution in [-0.2, 0) is 19.6 Å². The van der Waals surface area contributed by atoms with E-state index in [9.17, 15) is 10.2 Å². The summed E-state index contributed by atoms with van der Waals surface area (Å²) >= 11 is 0. The number of hydrogen-bond acceptors (Lipinski definition) is 4. The Balaban J connectivity index is 0.00000112. The van der Waals surface area contributed by atoms with Crippen molar-refractivity contribution in [2.24, 2.45) is 0 Å². The lowest BCUT2D eigenvalue weighted by molar-refractivity contribution is 0.238. The number of aliphatic hydroxyl groups excluding tert-OH is 2. The molecule has 134 valence electrons. The van der Waals surface area contributed by atoms with Crippen molar-refractivity contribution in [3.63, 3.8) is 0 Å². The molecule has 0 saturated carbocycles. The van der Waals surface area contributed by atoms with Gasteiger partial charge in [-0.25, -0.2) is 0 Å². The van der Waals surface area contributed by atoms with Crippen LogP contribution in [0.4, 0.5) is 0 Å². The summed E-state index contributed by atoms with van der Waals surface area (Å²) in [6.07, 6.45) is 2.13. The van der Waals surface area contributed by atoms with Crippen LogP contribution < -0.4 is 5.32 Å². The van der Waals surface area contributed by atoms with Gasteiger partial charge in [-0.15, -0.1) is 0 Å². The van der Waals surface area contributed by atoms with E-state index in [1.165, 1.54) is 5.56 Å². The predicted octanol–water partition coefficient (Wildman–Crippen LogP) is 2.56. The van der Waals surface area contributed by atoms with Gasteiger partial charge in [0.25, 0.3) is 0 Å². The molecule has 0 bridgehead atoms. The number of aliphatic hydroxyl groups is 2. The fourth-order valence-electron chi connectivity index (χ4n) is 2.61. The number of nitrogens with zero attached hydrogens (tertiary/aromatic N) is 1. The lowest BCUT2D eigenvalue weighted by atomic mass is 10.0. The Morgan fingerprint density at radius 1 is 0.870 bits per heavy atom. The molecule has 0 amide bonds. The van der Waals surface area contributed by atoms with Gasteiger partial charge in [-0.3, -0.25) is 0 Å². The zero-order chi connectivity index (χ0) is 17.5. The fourth-order valence-corrected chi connectivity index (χ4v) is 2.61. The molecule has 1 aromatic rings. The smallest absolute Gasteiger partial charge is 0.0682 e. The first kappa shape index (κ1) is 22.1. The summed E-state index contributed by atoms with van der Waals surface area (Å²) in [5, 5.41) is 21.8. The minimum Gasteiger partial charge on any atom is -0.392 e. The molecule has 0 spiro atoms. The Kier molecular flexibility index (Phi) is 14.0. The summed E-state index contributed by atoms with van der Waals surface area (Å²) in [7, 11) is 0. The first-order valence-electron chi connectivity index (χ1n) is 9.08. The maximum absolute atomic E-state index is 9.21. The van der Waals surface area contributed by atoms with E-state index in [2.05, 4.69) is 10.2 Å². The van der Waals surface area contributed by atoms with Crippen molar-refractivity contribution in [1.82, 2.24) is 10.2 Å². The monoisotopic (exact) mass is 324 g/mol. The second-order valence-electron chi connectivity index (χ2n) is 5.17. The number of nitrogens with one attached hydrogen (secondary N) is 1. The van der Waals surface area contributed by atoms with E-state index in [0.29, 0.717) is 0 Å². The van der Waals surface area contributed by atoms with Crippen LogP contribution in [0.1, 0.15) is 50.8 Å². The van der Waals surface area contributed by atoms with Crippen LogP contribution in [0.5, 0.6) is 0 Å². The van der Waals surface area contributed by atoms with Crippen molar-refractivity contribution in [2.75, 3.05) is 32.7 Å². The van der Waals surface area contributed by atoms with Gasteiger partial charge in [0, 0.05) is 26.2 Å². The van der Waals surface area contributed by atoms with Gasteiger partial charge in [-0.1, -0.05) is 45.9 Å². The van der Waals surface area contributed by atoms with Gasteiger partial charge < -0.3 is 20.4 Å². The highest BCUT2D eigenvalue weighted by molar-refractivity contribution is 5.29. The molecule has 1 aliphatic heterocycles. The number of benzene rings is 1. The van der Waals surface area contributed by atoms with Crippen LogP contribution in [0.25, 0.3) is 0 Å². The summed E-state index contributed by atoms with van der Waals surface area (Å²) in [5.41, 5.74) is 3.00. The molecule has 0 unspecified atom stereocenters. The van der Waals surface area contributed by atoms with Gasteiger partial charge in [-0.2, -0.15) is 0 Å². The van der Waals surface area contributed by atoms with E-state index in [-0.39, 0.29) is 13.2 Å². The number of aryl methyl sites for hydroxylation is 1. The lowest BCUT2D eigenvalue weighted by Crippen LogP contribution is -2.43. The third kappa shape index (κ3) is 9.06. The van der Waals surface area contributed by atoms with E-state index in [0.717, 1.165) is 56.7 Å². The normalized spacial score (nSPS) is 14.3. The minimum absolute atomic E-state index is 0.0403. The molecule has 3 N–H and O–H groups in total. The van der Waals surface area contributed by atoms with Crippen molar-refractivity contribution in [1.29, 1.82) is 0 Å². The van der Waals surface area contributed by atoms with Crippen LogP contribution in [0.15, 0.2) is 18.2 Å². The third-order valence-corrected chi connectivity index (χ3v) is 3.63. The Morgan fingerprint density at radius 3 is 1.83 bits per heavy atom. The molecule has 2 rings (SSSR count). The second-order valence-corrected chi connectivity index (χ2v) is 5.17. The average molecular weight is 325 g/mol. The summed E-state index contributed by atoms with van der Waals surface area (Å²) in [5.74, 6) is 0. The molecule has 4 heteroatoms. The van der Waals surface area contributed by atoms with E-state index in [1.807, 2.05) is 45.9 Å². The molecular formula is C19H36N2O2. The van der Waals surface area contributed by atoms with Crippen molar-refractivity contribution in [2.45, 2.75) is 53.8 Å². The summed E-state index contributed by atoms with van der Waals surface area (Å²) in [6, 6.07) is 5.94. The first-order valence-corrected chi connectivity index (χ1v) is 9.08. The van der Waals surface area contributed by atoms with Crippen LogP contribution in [0.3, 0.4) is 0 Å². The molecule has 1 aromatic carbocycles. The highest BCUT2D eigenvalue weighted by atomic mass is 16.3. The molecule has 23 heavy (non-hydrogen) atoms. The van der Waals surface area contributed by atoms with Gasteiger partial charge in [0.1, 0.15) is 0 Å². The molecular weight excluding hydrogens is 288 g/mol. The van der Waals surface area contributed by atoms with Gasteiger partial charge >= 0.3 is 0 Å². The van der Waals surface area contributed by atoms with E-state index in [1.54, 1.807) is 0 Å². The highest BCUT2D eigenvalue weighted by Crippen LogP contribution is 2.13. The lowest BCUT2D eigenvalue weighted by Gasteiger charge is -2.27. The highest BCUT2D eigenvalue weighted by Gasteiger charge is 2.08. The van der Waals surface area contributed by atoms with Crippen LogP contribution in [0.2, 0.25) is 0 Å². The predicted molar refractivity (Wildman–Crippen MR) is 98.6 cm³/mol. The maximum atomic E-state index is 9.21. The van der Waals surface area contributed by atoms with E-state index in [4.69, 9.17) is 0 Å². The third-order valence-electron chi connectivity index (χ3n) is 3.63. The SMILES string of the molecule is CC.CC.OCc1cc(CO)cc(CCCN2CCNCC2)c1. The maximum Gasteiger partial charge on any atom is 0.0682 e. The van der Waals surface area contributed by atoms with Gasteiger partial charge in [0.2, 0.25) is 0 Å². The molecule has 1 heterocycles. The number of hydrogen-bond donors (Lipinski definition) is 3. The standard InChI is InChI=1S/C15H24N2O2.2C2H6/c18-11-14-8-13(9-15(10-14)12-19)2-1-5-17-6-3-16-4-7-17;2*1-2/h8-10,16,18-19H,1-7,11-12H2;2*1-2H3. The molecule has 0 radical (unpaired) electrons. The molecule has 4 nitrogen and oxygen atoms in total. The summed E-state index contributed by atoms with van der Waals surface area (Å²) in [4.78, 5) is 2.49. The van der Waals surface area contributed by atoms with Crippen LogP contribution in [0, 0.1) is 0 Å². The zero-order valence-corrected chi connectivity index (χ0v) is 15.4. The quantitative estimate of drug-likeness (QED) is 0.753. The Morgan fingerprint density at radius 2 is 1.35 bits per heavy atom. The van der Waals surface area contributed by atoms with Gasteiger partial charge in [-0.05, 0) is 36.1 Å². The largest absolute Gasteiger partial charge is 0.392 e. The van der Waals surface area contributed by atoms with Crippen molar-refractivity contribution in [3.8, 4) is 0 Å². The average Bonchev–Trinajstić information content (AvgIpc) is 2.65. The summed E-state index contributed by atoms with van der Waals surface area (Å²) < 4.78 is 0. The van der Waals surface area contributed by atoms with E-state index < -0.39 is 0 Å². The van der Waals surface area contributed by atoms with Crippen molar-refractivity contribution >= 4 is 0 Å². The molecule has 1 saturated heterocycles. The van der Waals surface area contributed by atoms with Gasteiger partial charge in [0.05, 0.1) is 13.2 Å². The van der Waals surface area contributed by atoms with Crippen molar-refractivity contribution in [3.05, 3.63) is 34.9 Å². The Bertz CT molecular complexity index is 369. The molecule has 0 aliphatic carbocycles. The number of piperazine rings is 1. The summed E-state index contributed by atoms with van der Waals surface area (Å²) in [6.45, 7) is 13.7. The fraction of sp³-hybridized carbons (Fsp3) is 0.684. The molecule has 0 aromatic heterocycles. The Labute approximate surface area is 142 Å². The van der Waals surface area contributed by atoms with E-state index >= 15 is 0 Å². The Hall–Kier alpha value is -0.940. The second kappa shape index (κ2) is 14.6. The van der Waals surface area contributed by atoms with Crippen LogP contribution in [-0.4, -0.2) is 47.8 Å². The molecule has 1 aliphatic rings. The molecule has 0 atom stereocenters. The van der Waals surface area contributed by atoms with Crippen molar-refractivity contribution < 1.29 is 10.2 Å². The van der Waals surface area contributed by atoms with Gasteiger partial charge in [0.15, 0.2) is 0 Å². The number of rotatable bonds is 6.